The number of nitrogens with zero attached hydrogens (tertiary/aromatic N) is 1. The average Bonchev–Trinajstić information content (AvgIpc) is 2.77. The molecule has 0 bridgehead atoms. The Bertz CT molecular complexity index is 365. The van der Waals surface area contributed by atoms with Crippen molar-refractivity contribution in [3.63, 3.8) is 0 Å². The van der Waals surface area contributed by atoms with Crippen LogP contribution in [0.5, 0.6) is 0 Å². The summed E-state index contributed by atoms with van der Waals surface area (Å²) in [5.41, 5.74) is 1.44. The molecule has 16 heavy (non-hydrogen) atoms. The van der Waals surface area contributed by atoms with Crippen LogP contribution in [-0.4, -0.2) is 18.0 Å². The van der Waals surface area contributed by atoms with Gasteiger partial charge in [-0.2, -0.15) is 0 Å². The number of halogens is 1. The Morgan fingerprint density at radius 2 is 1.94 bits per heavy atom. The lowest BCUT2D eigenvalue weighted by Crippen LogP contribution is -2.20. The molecule has 2 aliphatic rings. The van der Waals surface area contributed by atoms with E-state index in [0.29, 0.717) is 0 Å². The third-order valence-corrected chi connectivity index (χ3v) is 4.59. The van der Waals surface area contributed by atoms with E-state index >= 15 is 0 Å². The zero-order valence-corrected chi connectivity index (χ0v) is 11.1. The van der Waals surface area contributed by atoms with Crippen molar-refractivity contribution >= 4 is 15.9 Å². The monoisotopic (exact) mass is 279 g/mol. The molecule has 1 aromatic carbocycles. The highest BCUT2D eigenvalue weighted by molar-refractivity contribution is 9.10. The van der Waals surface area contributed by atoms with Gasteiger partial charge in [0.15, 0.2) is 0 Å². The fourth-order valence-electron chi connectivity index (χ4n) is 3.35. The Labute approximate surface area is 106 Å². The summed E-state index contributed by atoms with van der Waals surface area (Å²) in [4.78, 5) is 2.64. The SMILES string of the molecule is Brc1cccc(CN2CC3CCCC3C2)c1. The first-order chi connectivity index (χ1) is 7.81. The van der Waals surface area contributed by atoms with Crippen molar-refractivity contribution in [1.29, 1.82) is 0 Å². The van der Waals surface area contributed by atoms with Crippen LogP contribution in [-0.2, 0) is 6.54 Å². The highest BCUT2D eigenvalue weighted by Crippen LogP contribution is 2.38. The first-order valence-electron chi connectivity index (χ1n) is 6.28. The van der Waals surface area contributed by atoms with E-state index < -0.39 is 0 Å². The first-order valence-corrected chi connectivity index (χ1v) is 7.07. The van der Waals surface area contributed by atoms with Crippen LogP contribution in [0.15, 0.2) is 28.7 Å². The largest absolute Gasteiger partial charge is 0.299 e. The van der Waals surface area contributed by atoms with Crippen molar-refractivity contribution in [1.82, 2.24) is 4.90 Å². The van der Waals surface area contributed by atoms with Crippen molar-refractivity contribution in [2.24, 2.45) is 11.8 Å². The molecule has 1 nitrogen and oxygen atoms in total. The Morgan fingerprint density at radius 3 is 2.62 bits per heavy atom. The third-order valence-electron chi connectivity index (χ3n) is 4.10. The van der Waals surface area contributed by atoms with Crippen LogP contribution >= 0.6 is 15.9 Å². The van der Waals surface area contributed by atoms with Crippen molar-refractivity contribution in [2.75, 3.05) is 13.1 Å². The van der Waals surface area contributed by atoms with Gasteiger partial charge in [0.25, 0.3) is 0 Å². The number of fused-ring (bicyclic) bond motifs is 1. The molecule has 1 heterocycles. The molecule has 86 valence electrons. The van der Waals surface area contributed by atoms with Gasteiger partial charge in [-0.3, -0.25) is 4.90 Å². The molecule has 0 amide bonds. The second kappa shape index (κ2) is 4.50. The molecule has 0 spiro atoms. The van der Waals surface area contributed by atoms with E-state index in [4.69, 9.17) is 0 Å². The van der Waals surface area contributed by atoms with Crippen molar-refractivity contribution in [3.05, 3.63) is 34.3 Å². The van der Waals surface area contributed by atoms with E-state index in [1.807, 2.05) is 0 Å². The molecule has 0 radical (unpaired) electrons. The predicted octanol–water partition coefficient (Wildman–Crippen LogP) is 3.68. The topological polar surface area (TPSA) is 3.24 Å². The summed E-state index contributed by atoms with van der Waals surface area (Å²) >= 11 is 3.54. The maximum absolute atomic E-state index is 3.54. The quantitative estimate of drug-likeness (QED) is 0.798. The fraction of sp³-hybridized carbons (Fsp3) is 0.571. The number of benzene rings is 1. The van der Waals surface area contributed by atoms with Gasteiger partial charge >= 0.3 is 0 Å². The zero-order valence-electron chi connectivity index (χ0n) is 9.53. The maximum Gasteiger partial charge on any atom is 0.0234 e. The second-order valence-electron chi connectivity index (χ2n) is 5.28. The normalized spacial score (nSPS) is 29.6. The van der Waals surface area contributed by atoms with Crippen molar-refractivity contribution in [2.45, 2.75) is 25.8 Å². The Hall–Kier alpha value is -0.340. The minimum Gasteiger partial charge on any atom is -0.299 e. The molecular formula is C14H18BrN. The molecule has 2 unspecified atom stereocenters. The van der Waals surface area contributed by atoms with Crippen LogP contribution in [0, 0.1) is 11.8 Å². The summed E-state index contributed by atoms with van der Waals surface area (Å²) in [5, 5.41) is 0. The van der Waals surface area contributed by atoms with Gasteiger partial charge in [0, 0.05) is 24.1 Å². The third kappa shape index (κ3) is 2.18. The van der Waals surface area contributed by atoms with Crippen LogP contribution in [0.25, 0.3) is 0 Å². The molecule has 1 saturated heterocycles. The minimum atomic E-state index is 1.01. The first kappa shape index (κ1) is 10.8. The Kier molecular flexibility index (Phi) is 3.03. The summed E-state index contributed by atoms with van der Waals surface area (Å²) in [5.74, 6) is 2.01. The molecule has 1 aromatic rings. The molecular weight excluding hydrogens is 262 g/mol. The molecule has 2 fully saturated rings. The van der Waals surface area contributed by atoms with E-state index in [9.17, 15) is 0 Å². The molecule has 3 rings (SSSR count). The van der Waals surface area contributed by atoms with Crippen LogP contribution < -0.4 is 0 Å². The van der Waals surface area contributed by atoms with E-state index in [1.165, 1.54) is 42.4 Å². The van der Waals surface area contributed by atoms with Gasteiger partial charge in [0.1, 0.15) is 0 Å². The van der Waals surface area contributed by atoms with E-state index in [0.717, 1.165) is 18.4 Å². The number of hydrogen-bond acceptors (Lipinski definition) is 1. The van der Waals surface area contributed by atoms with Gasteiger partial charge in [-0.05, 0) is 42.4 Å². The summed E-state index contributed by atoms with van der Waals surface area (Å²) in [7, 11) is 0. The van der Waals surface area contributed by atoms with Gasteiger partial charge in [0.05, 0.1) is 0 Å². The van der Waals surface area contributed by atoms with Crippen LogP contribution in [0.3, 0.4) is 0 Å². The summed E-state index contributed by atoms with van der Waals surface area (Å²) in [6.07, 6.45) is 4.42. The van der Waals surface area contributed by atoms with Crippen LogP contribution in [0.4, 0.5) is 0 Å². The van der Waals surface area contributed by atoms with Crippen molar-refractivity contribution in [3.8, 4) is 0 Å². The lowest BCUT2D eigenvalue weighted by Gasteiger charge is -2.16. The van der Waals surface area contributed by atoms with E-state index in [1.54, 1.807) is 0 Å². The highest BCUT2D eigenvalue weighted by Gasteiger charge is 2.35. The summed E-state index contributed by atoms with van der Waals surface area (Å²) in [6.45, 7) is 3.79. The van der Waals surface area contributed by atoms with Gasteiger partial charge in [-0.25, -0.2) is 0 Å². The van der Waals surface area contributed by atoms with Crippen molar-refractivity contribution < 1.29 is 0 Å². The standard InChI is InChI=1S/C14H18BrN/c15-14-6-1-3-11(7-14)8-16-9-12-4-2-5-13(12)10-16/h1,3,6-7,12-13H,2,4-5,8-10H2. The maximum atomic E-state index is 3.54. The average molecular weight is 280 g/mol. The molecule has 0 aromatic heterocycles. The molecule has 1 saturated carbocycles. The second-order valence-corrected chi connectivity index (χ2v) is 6.19. The van der Waals surface area contributed by atoms with Crippen LogP contribution in [0.1, 0.15) is 24.8 Å². The molecule has 2 heteroatoms. The Morgan fingerprint density at radius 1 is 1.19 bits per heavy atom. The van der Waals surface area contributed by atoms with E-state index in [-0.39, 0.29) is 0 Å². The molecule has 2 atom stereocenters. The number of likely N-dealkylation sites (tertiary alicyclic amines) is 1. The predicted molar refractivity (Wildman–Crippen MR) is 70.3 cm³/mol. The van der Waals surface area contributed by atoms with Gasteiger partial charge in [0.2, 0.25) is 0 Å². The number of hydrogen-bond donors (Lipinski definition) is 0. The van der Waals surface area contributed by atoms with E-state index in [2.05, 4.69) is 45.1 Å². The smallest absolute Gasteiger partial charge is 0.0234 e. The van der Waals surface area contributed by atoms with Gasteiger partial charge in [-0.1, -0.05) is 34.5 Å². The lowest BCUT2D eigenvalue weighted by atomic mass is 10.0. The fourth-order valence-corrected chi connectivity index (χ4v) is 3.80. The highest BCUT2D eigenvalue weighted by atomic mass is 79.9. The summed E-state index contributed by atoms with van der Waals surface area (Å²) in [6, 6.07) is 8.71. The molecule has 1 aliphatic carbocycles. The lowest BCUT2D eigenvalue weighted by molar-refractivity contribution is 0.303. The molecule has 0 N–H and O–H groups in total. The zero-order chi connectivity index (χ0) is 11.0. The molecule has 1 aliphatic heterocycles. The van der Waals surface area contributed by atoms with Gasteiger partial charge < -0.3 is 0 Å². The van der Waals surface area contributed by atoms with Crippen LogP contribution in [0.2, 0.25) is 0 Å². The minimum absolute atomic E-state index is 1.01. The number of rotatable bonds is 2. The Balaban J connectivity index is 1.64. The summed E-state index contributed by atoms with van der Waals surface area (Å²) < 4.78 is 1.20. The van der Waals surface area contributed by atoms with Gasteiger partial charge in [-0.15, -0.1) is 0 Å².